The molecule has 0 N–H and O–H groups in total. The molecule has 7 heteroatoms. The lowest BCUT2D eigenvalue weighted by Gasteiger charge is -2.31. The number of fused-ring (bicyclic) bond motifs is 3. The van der Waals surface area contributed by atoms with Gasteiger partial charge in [-0.25, -0.2) is 4.90 Å². The van der Waals surface area contributed by atoms with Gasteiger partial charge in [-0.1, -0.05) is 78.9 Å². The second-order valence-corrected chi connectivity index (χ2v) is 9.81. The number of imide groups is 1. The van der Waals surface area contributed by atoms with Gasteiger partial charge in [-0.05, 0) is 36.1 Å². The van der Waals surface area contributed by atoms with Gasteiger partial charge < -0.3 is 9.47 Å². The summed E-state index contributed by atoms with van der Waals surface area (Å²) >= 11 is 0. The van der Waals surface area contributed by atoms with E-state index >= 15 is 0 Å². The Morgan fingerprint density at radius 2 is 1.41 bits per heavy atom. The quantitative estimate of drug-likeness (QED) is 0.414. The minimum atomic E-state index is -0.791. The molecule has 0 spiro atoms. The highest BCUT2D eigenvalue weighted by atomic mass is 16.7. The van der Waals surface area contributed by atoms with Gasteiger partial charge in [-0.15, -0.1) is 0 Å². The number of hydroxylamine groups is 2. The van der Waals surface area contributed by atoms with Crippen LogP contribution in [0.3, 0.4) is 0 Å². The van der Waals surface area contributed by atoms with Crippen molar-refractivity contribution in [3.05, 3.63) is 102 Å². The van der Waals surface area contributed by atoms with Crippen molar-refractivity contribution < 1.29 is 23.9 Å². The third-order valence-corrected chi connectivity index (χ3v) is 7.50. The van der Waals surface area contributed by atoms with Crippen molar-refractivity contribution >= 4 is 17.5 Å². The van der Waals surface area contributed by atoms with Crippen LogP contribution in [0.1, 0.15) is 24.0 Å². The number of nitrogens with zero attached hydrogens (tertiary/aromatic N) is 2. The molecule has 0 aromatic heterocycles. The molecule has 190 valence electrons. The number of hydrogen-bond acceptors (Lipinski definition) is 6. The Hall–Kier alpha value is -3.36. The Bertz CT molecular complexity index is 1220. The van der Waals surface area contributed by atoms with E-state index in [1.807, 2.05) is 83.9 Å². The average molecular weight is 499 g/mol. The minimum Gasteiger partial charge on any atom is -0.374 e. The molecule has 6 rings (SSSR count). The molecule has 3 aromatic rings. The van der Waals surface area contributed by atoms with E-state index in [-0.39, 0.29) is 30.0 Å². The fourth-order valence-electron chi connectivity index (χ4n) is 5.71. The maximum absolute atomic E-state index is 13.4. The third kappa shape index (κ3) is 4.71. The molecule has 3 fully saturated rings. The molecule has 3 aliphatic heterocycles. The molecule has 0 unspecified atom stereocenters. The van der Waals surface area contributed by atoms with Crippen molar-refractivity contribution in [2.75, 3.05) is 11.5 Å². The number of benzene rings is 3. The van der Waals surface area contributed by atoms with E-state index in [0.717, 1.165) is 24.0 Å². The van der Waals surface area contributed by atoms with Crippen LogP contribution in [0.4, 0.5) is 5.69 Å². The summed E-state index contributed by atoms with van der Waals surface area (Å²) in [5.74, 6) is -0.981. The molecule has 0 radical (unpaired) electrons. The first-order valence-corrected chi connectivity index (χ1v) is 12.9. The molecule has 0 bridgehead atoms. The highest BCUT2D eigenvalue weighted by molar-refractivity contribution is 6.23. The van der Waals surface area contributed by atoms with E-state index in [1.165, 1.54) is 4.90 Å². The largest absolute Gasteiger partial charge is 0.374 e. The summed E-state index contributed by atoms with van der Waals surface area (Å²) in [5, 5.41) is 1.87. The zero-order chi connectivity index (χ0) is 25.2. The zero-order valence-electron chi connectivity index (χ0n) is 20.5. The number of rotatable bonds is 9. The van der Waals surface area contributed by atoms with Crippen molar-refractivity contribution in [2.45, 2.75) is 50.3 Å². The Labute approximate surface area is 216 Å². The molecule has 5 atom stereocenters. The predicted molar refractivity (Wildman–Crippen MR) is 137 cm³/mol. The van der Waals surface area contributed by atoms with E-state index in [4.69, 9.17) is 14.3 Å². The number of amides is 2. The number of para-hydroxylation sites is 1. The first kappa shape index (κ1) is 24.0. The van der Waals surface area contributed by atoms with Crippen LogP contribution >= 0.6 is 0 Å². The van der Waals surface area contributed by atoms with Crippen LogP contribution < -0.4 is 4.90 Å². The molecule has 37 heavy (non-hydrogen) atoms. The standard InChI is InChI=1S/C30H30N2O5/c33-29-27-25-17-16-24(32(25)37-28(27)30(34)31(29)23-14-8-3-9-15-23)26(36-19-22-12-6-2-7-13-22)20-35-18-21-10-4-1-5-11-21/h1-15,24-28H,16-20H2/t24-,25-,26+,27-,28+/m0/s1. The summed E-state index contributed by atoms with van der Waals surface area (Å²) < 4.78 is 12.5. The molecular formula is C30H30N2O5. The van der Waals surface area contributed by atoms with E-state index in [9.17, 15) is 9.59 Å². The molecule has 0 saturated carbocycles. The number of carbonyl (C=O) groups excluding carboxylic acids is 2. The summed E-state index contributed by atoms with van der Waals surface area (Å²) in [6.45, 7) is 1.31. The second-order valence-electron chi connectivity index (χ2n) is 9.81. The van der Waals surface area contributed by atoms with Gasteiger partial charge in [0, 0.05) is 0 Å². The van der Waals surface area contributed by atoms with Crippen molar-refractivity contribution in [2.24, 2.45) is 5.92 Å². The van der Waals surface area contributed by atoms with Crippen LogP contribution in [-0.2, 0) is 37.1 Å². The highest BCUT2D eigenvalue weighted by Gasteiger charge is 2.63. The van der Waals surface area contributed by atoms with Crippen LogP contribution in [0.15, 0.2) is 91.0 Å². The summed E-state index contributed by atoms with van der Waals surface area (Å²) in [4.78, 5) is 34.2. The fraction of sp³-hybridized carbons (Fsp3) is 0.333. The topological polar surface area (TPSA) is 68.3 Å². The molecule has 3 heterocycles. The Morgan fingerprint density at radius 3 is 2.08 bits per heavy atom. The lowest BCUT2D eigenvalue weighted by atomic mass is 9.95. The molecule has 7 nitrogen and oxygen atoms in total. The summed E-state index contributed by atoms with van der Waals surface area (Å²) in [6, 6.07) is 28.9. The first-order chi connectivity index (χ1) is 18.2. The zero-order valence-corrected chi connectivity index (χ0v) is 20.5. The van der Waals surface area contributed by atoms with Crippen molar-refractivity contribution in [1.29, 1.82) is 0 Å². The van der Waals surface area contributed by atoms with Crippen LogP contribution in [0, 0.1) is 5.92 Å². The first-order valence-electron chi connectivity index (χ1n) is 12.9. The van der Waals surface area contributed by atoms with Gasteiger partial charge in [0.2, 0.25) is 5.91 Å². The second kappa shape index (κ2) is 10.6. The van der Waals surface area contributed by atoms with Crippen molar-refractivity contribution in [3.8, 4) is 0 Å². The Balaban J connectivity index is 1.17. The Kier molecular flexibility index (Phi) is 6.85. The van der Waals surface area contributed by atoms with Crippen molar-refractivity contribution in [1.82, 2.24) is 5.06 Å². The van der Waals surface area contributed by atoms with Gasteiger partial charge in [-0.3, -0.25) is 14.4 Å². The summed E-state index contributed by atoms with van der Waals surface area (Å²) in [7, 11) is 0. The SMILES string of the molecule is O=C1[C@@H]2[C@@H](ON3[C@H]2CC[C@H]3[C@@H](COCc2ccccc2)OCc2ccccc2)C(=O)N1c1ccccc1. The monoisotopic (exact) mass is 498 g/mol. The molecule has 3 saturated heterocycles. The van der Waals surface area contributed by atoms with Gasteiger partial charge >= 0.3 is 0 Å². The predicted octanol–water partition coefficient (Wildman–Crippen LogP) is 4.13. The van der Waals surface area contributed by atoms with Crippen LogP contribution in [0.25, 0.3) is 0 Å². The lowest BCUT2D eigenvalue weighted by molar-refractivity contribution is -0.204. The minimum absolute atomic E-state index is 0.110. The fourth-order valence-corrected chi connectivity index (χ4v) is 5.71. The number of anilines is 1. The van der Waals surface area contributed by atoms with E-state index < -0.39 is 12.0 Å². The highest BCUT2D eigenvalue weighted by Crippen LogP contribution is 2.45. The van der Waals surface area contributed by atoms with Gasteiger partial charge in [0.1, 0.15) is 0 Å². The number of carbonyl (C=O) groups is 2. The average Bonchev–Trinajstić information content (AvgIpc) is 3.58. The van der Waals surface area contributed by atoms with Gasteiger partial charge in [0.15, 0.2) is 6.10 Å². The van der Waals surface area contributed by atoms with Crippen LogP contribution in [0.5, 0.6) is 0 Å². The van der Waals surface area contributed by atoms with Crippen LogP contribution in [0.2, 0.25) is 0 Å². The molecule has 3 aromatic carbocycles. The Morgan fingerprint density at radius 1 is 0.784 bits per heavy atom. The smallest absolute Gasteiger partial charge is 0.265 e. The maximum atomic E-state index is 13.4. The normalized spacial score (nSPS) is 25.9. The van der Waals surface area contributed by atoms with E-state index in [0.29, 0.717) is 25.5 Å². The molecular weight excluding hydrogens is 468 g/mol. The van der Waals surface area contributed by atoms with Gasteiger partial charge in [0.25, 0.3) is 5.91 Å². The summed E-state index contributed by atoms with van der Waals surface area (Å²) in [6.07, 6.45) is 0.496. The summed E-state index contributed by atoms with van der Waals surface area (Å²) in [5.41, 5.74) is 2.76. The molecule has 0 aliphatic carbocycles. The lowest BCUT2D eigenvalue weighted by Crippen LogP contribution is -2.46. The molecule has 2 amide bonds. The van der Waals surface area contributed by atoms with Gasteiger partial charge in [-0.2, -0.15) is 5.06 Å². The van der Waals surface area contributed by atoms with Gasteiger partial charge in [0.05, 0.1) is 49.6 Å². The van der Waals surface area contributed by atoms with Crippen molar-refractivity contribution in [3.63, 3.8) is 0 Å². The molecule has 3 aliphatic rings. The van der Waals surface area contributed by atoms with E-state index in [1.54, 1.807) is 12.1 Å². The maximum Gasteiger partial charge on any atom is 0.265 e. The van der Waals surface area contributed by atoms with Crippen LogP contribution in [-0.4, -0.2) is 47.8 Å². The third-order valence-electron chi connectivity index (χ3n) is 7.50. The number of ether oxygens (including phenoxy) is 2. The van der Waals surface area contributed by atoms with E-state index in [2.05, 4.69) is 0 Å². The number of hydrogen-bond donors (Lipinski definition) is 0.